The smallest absolute Gasteiger partial charge is 0.251 e. The maximum Gasteiger partial charge on any atom is 0.251 e. The number of rotatable bonds is 8. The van der Waals surface area contributed by atoms with Crippen LogP contribution in [-0.4, -0.2) is 55.5 Å². The zero-order valence-electron chi connectivity index (χ0n) is 16.0. The fourth-order valence-corrected chi connectivity index (χ4v) is 3.23. The van der Waals surface area contributed by atoms with Crippen molar-refractivity contribution in [3.63, 3.8) is 0 Å². The molecule has 1 aliphatic rings. The van der Waals surface area contributed by atoms with Crippen LogP contribution in [0, 0.1) is 0 Å². The molecule has 6 nitrogen and oxygen atoms in total. The van der Waals surface area contributed by atoms with Crippen LogP contribution in [0.5, 0.6) is 5.75 Å². The average Bonchev–Trinajstić information content (AvgIpc) is 2.74. The molecule has 0 aliphatic carbocycles. The lowest BCUT2D eigenvalue weighted by molar-refractivity contribution is -0.122. The molecule has 0 radical (unpaired) electrons. The Labute approximate surface area is 165 Å². The molecule has 6 heteroatoms. The number of ether oxygens (including phenoxy) is 1. The molecule has 0 unspecified atom stereocenters. The summed E-state index contributed by atoms with van der Waals surface area (Å²) in [4.78, 5) is 26.4. The fraction of sp³-hybridized carbons (Fsp3) is 0.364. The normalized spacial score (nSPS) is 15.0. The largest absolute Gasteiger partial charge is 0.492 e. The van der Waals surface area contributed by atoms with Gasteiger partial charge in [0.2, 0.25) is 5.91 Å². The lowest BCUT2D eigenvalue weighted by Crippen LogP contribution is -2.47. The summed E-state index contributed by atoms with van der Waals surface area (Å²) in [6, 6.07) is 19.0. The highest BCUT2D eigenvalue weighted by atomic mass is 16.5. The van der Waals surface area contributed by atoms with Crippen molar-refractivity contribution in [3.8, 4) is 5.75 Å². The van der Waals surface area contributed by atoms with Crippen LogP contribution in [0.25, 0.3) is 0 Å². The Bertz CT molecular complexity index is 744. The molecule has 2 amide bonds. The van der Waals surface area contributed by atoms with Crippen LogP contribution >= 0.6 is 0 Å². The Balaban J connectivity index is 1.29. The van der Waals surface area contributed by atoms with Gasteiger partial charge in [-0.15, -0.1) is 0 Å². The van der Waals surface area contributed by atoms with Gasteiger partial charge in [0.1, 0.15) is 12.4 Å². The second-order valence-corrected chi connectivity index (χ2v) is 6.90. The zero-order valence-corrected chi connectivity index (χ0v) is 16.0. The van der Waals surface area contributed by atoms with E-state index >= 15 is 0 Å². The maximum atomic E-state index is 12.2. The van der Waals surface area contributed by atoms with Gasteiger partial charge in [0, 0.05) is 24.7 Å². The van der Waals surface area contributed by atoms with Crippen molar-refractivity contribution in [3.05, 3.63) is 66.2 Å². The molecule has 1 aliphatic heterocycles. The molecule has 3 rings (SSSR count). The minimum atomic E-state index is -0.0322. The minimum absolute atomic E-state index is 0.00318. The van der Waals surface area contributed by atoms with Gasteiger partial charge in [0.05, 0.1) is 13.1 Å². The molecule has 0 aromatic heterocycles. The second kappa shape index (κ2) is 10.5. The van der Waals surface area contributed by atoms with Crippen molar-refractivity contribution < 1.29 is 14.3 Å². The third-order valence-corrected chi connectivity index (χ3v) is 4.76. The van der Waals surface area contributed by atoms with Crippen molar-refractivity contribution in [1.82, 2.24) is 15.5 Å². The van der Waals surface area contributed by atoms with E-state index in [9.17, 15) is 9.59 Å². The molecule has 0 spiro atoms. The number of nitrogens with zero attached hydrogens (tertiary/aromatic N) is 1. The van der Waals surface area contributed by atoms with Crippen molar-refractivity contribution >= 4 is 11.8 Å². The number of hydrogen-bond acceptors (Lipinski definition) is 4. The van der Waals surface area contributed by atoms with Gasteiger partial charge in [-0.05, 0) is 37.1 Å². The summed E-state index contributed by atoms with van der Waals surface area (Å²) in [7, 11) is 0. The monoisotopic (exact) mass is 381 g/mol. The van der Waals surface area contributed by atoms with Gasteiger partial charge >= 0.3 is 0 Å². The number of hydrogen-bond donors (Lipinski definition) is 2. The van der Waals surface area contributed by atoms with Crippen LogP contribution in [0.2, 0.25) is 0 Å². The van der Waals surface area contributed by atoms with Crippen molar-refractivity contribution in [2.75, 3.05) is 32.8 Å². The lowest BCUT2D eigenvalue weighted by atomic mass is 10.0. The van der Waals surface area contributed by atoms with Crippen LogP contribution in [0.1, 0.15) is 23.2 Å². The molecule has 2 aromatic carbocycles. The number of amides is 2. The molecular formula is C22H27N3O3. The van der Waals surface area contributed by atoms with E-state index in [1.165, 1.54) is 0 Å². The first-order valence-corrected chi connectivity index (χ1v) is 9.73. The van der Waals surface area contributed by atoms with Crippen molar-refractivity contribution in [2.24, 2.45) is 0 Å². The molecule has 0 atom stereocenters. The van der Waals surface area contributed by atoms with Gasteiger partial charge in [0.25, 0.3) is 5.91 Å². The molecular weight excluding hydrogens is 354 g/mol. The van der Waals surface area contributed by atoms with E-state index in [1.54, 1.807) is 0 Å². The van der Waals surface area contributed by atoms with Crippen LogP contribution in [0.4, 0.5) is 0 Å². The zero-order chi connectivity index (χ0) is 19.6. The highest BCUT2D eigenvalue weighted by Gasteiger charge is 2.22. The molecule has 28 heavy (non-hydrogen) atoms. The van der Waals surface area contributed by atoms with E-state index in [-0.39, 0.29) is 17.9 Å². The predicted molar refractivity (Wildman–Crippen MR) is 108 cm³/mol. The number of carbonyl (C=O) groups excluding carboxylic acids is 2. The molecule has 2 aromatic rings. The third kappa shape index (κ3) is 6.39. The molecule has 1 saturated heterocycles. The number of carbonyl (C=O) groups is 2. The lowest BCUT2D eigenvalue weighted by Gasteiger charge is -2.31. The third-order valence-electron chi connectivity index (χ3n) is 4.76. The quantitative estimate of drug-likeness (QED) is 0.687. The highest BCUT2D eigenvalue weighted by molar-refractivity contribution is 5.94. The van der Waals surface area contributed by atoms with Crippen LogP contribution < -0.4 is 15.4 Å². The SMILES string of the molecule is O=C(CN1CCC(NC(=O)c2ccccc2)CC1)NCCOc1ccccc1. The van der Waals surface area contributed by atoms with Gasteiger partial charge in [-0.3, -0.25) is 14.5 Å². The Morgan fingerprint density at radius 3 is 2.29 bits per heavy atom. The first kappa shape index (κ1) is 19.9. The number of benzene rings is 2. The van der Waals surface area contributed by atoms with Gasteiger partial charge in [-0.25, -0.2) is 0 Å². The molecule has 0 saturated carbocycles. The summed E-state index contributed by atoms with van der Waals surface area (Å²) < 4.78 is 5.57. The second-order valence-electron chi connectivity index (χ2n) is 6.90. The molecule has 1 heterocycles. The van der Waals surface area contributed by atoms with Gasteiger partial charge in [-0.1, -0.05) is 36.4 Å². The molecule has 0 bridgehead atoms. The van der Waals surface area contributed by atoms with Crippen LogP contribution in [0.15, 0.2) is 60.7 Å². The Hall–Kier alpha value is -2.86. The summed E-state index contributed by atoms with van der Waals surface area (Å²) in [5, 5.41) is 5.97. The van der Waals surface area contributed by atoms with Crippen molar-refractivity contribution in [1.29, 1.82) is 0 Å². The summed E-state index contributed by atoms with van der Waals surface area (Å²) >= 11 is 0. The van der Waals surface area contributed by atoms with E-state index in [4.69, 9.17) is 4.74 Å². The number of para-hydroxylation sites is 1. The predicted octanol–water partition coefficient (Wildman–Crippen LogP) is 2.08. The first-order valence-electron chi connectivity index (χ1n) is 9.73. The van der Waals surface area contributed by atoms with Crippen LogP contribution in [-0.2, 0) is 4.79 Å². The Kier molecular flexibility index (Phi) is 7.44. The van der Waals surface area contributed by atoms with E-state index in [0.29, 0.717) is 25.3 Å². The fourth-order valence-electron chi connectivity index (χ4n) is 3.23. The van der Waals surface area contributed by atoms with Gasteiger partial charge < -0.3 is 15.4 Å². The summed E-state index contributed by atoms with van der Waals surface area (Å²) in [5.41, 5.74) is 0.682. The number of likely N-dealkylation sites (tertiary alicyclic amines) is 1. The van der Waals surface area contributed by atoms with E-state index in [1.807, 2.05) is 60.7 Å². The number of nitrogens with one attached hydrogen (secondary N) is 2. The standard InChI is InChI=1S/C22H27N3O3/c26-21(23-13-16-28-20-9-5-2-6-10-20)17-25-14-11-19(12-15-25)24-22(27)18-7-3-1-4-8-18/h1-10,19H,11-17H2,(H,23,26)(H,24,27). The van der Waals surface area contributed by atoms with Crippen LogP contribution in [0.3, 0.4) is 0 Å². The highest BCUT2D eigenvalue weighted by Crippen LogP contribution is 2.11. The topological polar surface area (TPSA) is 70.7 Å². The summed E-state index contributed by atoms with van der Waals surface area (Å²) in [6.07, 6.45) is 1.70. The Morgan fingerprint density at radius 1 is 0.964 bits per heavy atom. The van der Waals surface area contributed by atoms with E-state index < -0.39 is 0 Å². The van der Waals surface area contributed by atoms with Crippen molar-refractivity contribution in [2.45, 2.75) is 18.9 Å². The first-order chi connectivity index (χ1) is 13.7. The maximum absolute atomic E-state index is 12.2. The summed E-state index contributed by atoms with van der Waals surface area (Å²) in [6.45, 7) is 2.91. The molecule has 2 N–H and O–H groups in total. The van der Waals surface area contributed by atoms with E-state index in [2.05, 4.69) is 15.5 Å². The summed E-state index contributed by atoms with van der Waals surface area (Å²) in [5.74, 6) is 0.773. The van der Waals surface area contributed by atoms with E-state index in [0.717, 1.165) is 31.7 Å². The molecule has 148 valence electrons. The Morgan fingerprint density at radius 2 is 1.61 bits per heavy atom. The number of piperidine rings is 1. The van der Waals surface area contributed by atoms with Gasteiger partial charge in [-0.2, -0.15) is 0 Å². The van der Waals surface area contributed by atoms with Gasteiger partial charge in [0.15, 0.2) is 0 Å². The minimum Gasteiger partial charge on any atom is -0.492 e. The average molecular weight is 381 g/mol. The molecule has 1 fully saturated rings.